The maximum atomic E-state index is 12.9. The lowest BCUT2D eigenvalue weighted by molar-refractivity contribution is -0.384. The molecule has 0 aliphatic carbocycles. The van der Waals surface area contributed by atoms with Crippen molar-refractivity contribution in [3.05, 3.63) is 75.3 Å². The van der Waals surface area contributed by atoms with Crippen molar-refractivity contribution < 1.29 is 29.2 Å². The van der Waals surface area contributed by atoms with Crippen LogP contribution >= 0.6 is 0 Å². The van der Waals surface area contributed by atoms with Gasteiger partial charge in [-0.2, -0.15) is 0 Å². The van der Waals surface area contributed by atoms with Gasteiger partial charge in [0.2, 0.25) is 5.91 Å². The Labute approximate surface area is 207 Å². The largest absolute Gasteiger partial charge is 0.480 e. The minimum atomic E-state index is -1.23. The number of imide groups is 1. The zero-order valence-electron chi connectivity index (χ0n) is 20.0. The molecule has 3 N–H and O–H groups in total. The number of nitrogens with one attached hydrogen (secondary N) is 2. The standard InChI is InChI=1S/C25H28N4O7/c1-15(2)12-21(22(30)26-14-16-6-4-3-5-7-16)27-20(25(33)34)10-11-28-23(31)18-9-8-17(29(35)36)13-19(18)24(28)32/h3-9,13,15,20-21,27H,10-12,14H2,1-2H3,(H,26,30)(H,33,34). The Morgan fingerprint density at radius 2 is 1.69 bits per heavy atom. The summed E-state index contributed by atoms with van der Waals surface area (Å²) in [5.74, 6) is -2.86. The summed E-state index contributed by atoms with van der Waals surface area (Å²) in [6.45, 7) is 3.87. The molecule has 3 amide bonds. The van der Waals surface area contributed by atoms with E-state index in [1.54, 1.807) is 0 Å². The van der Waals surface area contributed by atoms with Crippen LogP contribution in [0.5, 0.6) is 0 Å². The number of nitro benzene ring substituents is 1. The predicted molar refractivity (Wildman–Crippen MR) is 129 cm³/mol. The summed E-state index contributed by atoms with van der Waals surface area (Å²) in [7, 11) is 0. The molecule has 3 rings (SSSR count). The SMILES string of the molecule is CC(C)CC(NC(CCN1C(=O)c2ccc([N+](=O)[O-])cc2C1=O)C(=O)O)C(=O)NCc1ccccc1. The lowest BCUT2D eigenvalue weighted by Gasteiger charge is -2.25. The van der Waals surface area contributed by atoms with Crippen molar-refractivity contribution in [2.24, 2.45) is 5.92 Å². The highest BCUT2D eigenvalue weighted by atomic mass is 16.6. The summed E-state index contributed by atoms with van der Waals surface area (Å²) < 4.78 is 0. The fourth-order valence-electron chi connectivity index (χ4n) is 4.00. The van der Waals surface area contributed by atoms with E-state index in [0.29, 0.717) is 6.42 Å². The normalized spacial score (nSPS) is 14.5. The first-order valence-electron chi connectivity index (χ1n) is 11.5. The molecular formula is C25H28N4O7. The van der Waals surface area contributed by atoms with E-state index >= 15 is 0 Å². The van der Waals surface area contributed by atoms with E-state index < -0.39 is 34.8 Å². The van der Waals surface area contributed by atoms with Crippen LogP contribution in [0.4, 0.5) is 5.69 Å². The van der Waals surface area contributed by atoms with Gasteiger partial charge in [0.05, 0.1) is 22.1 Å². The fourth-order valence-corrected chi connectivity index (χ4v) is 4.00. The van der Waals surface area contributed by atoms with Gasteiger partial charge in [-0.25, -0.2) is 0 Å². The van der Waals surface area contributed by atoms with Gasteiger partial charge in [-0.05, 0) is 30.4 Å². The summed E-state index contributed by atoms with van der Waals surface area (Å²) in [5.41, 5.74) is 0.519. The number of hydrogen-bond donors (Lipinski definition) is 3. The van der Waals surface area contributed by atoms with Crippen LogP contribution in [-0.2, 0) is 16.1 Å². The van der Waals surface area contributed by atoms with Crippen molar-refractivity contribution in [3.8, 4) is 0 Å². The van der Waals surface area contributed by atoms with Crippen molar-refractivity contribution in [1.29, 1.82) is 0 Å². The molecule has 0 spiro atoms. The number of carboxylic acids is 1. The molecule has 190 valence electrons. The average Bonchev–Trinajstić information content (AvgIpc) is 3.08. The van der Waals surface area contributed by atoms with E-state index in [1.807, 2.05) is 44.2 Å². The second-order valence-electron chi connectivity index (χ2n) is 8.98. The molecule has 0 fully saturated rings. The zero-order chi connectivity index (χ0) is 26.4. The number of benzene rings is 2. The molecule has 1 aliphatic heterocycles. The number of hydrogen-bond acceptors (Lipinski definition) is 7. The van der Waals surface area contributed by atoms with Gasteiger partial charge in [0.15, 0.2) is 0 Å². The van der Waals surface area contributed by atoms with Gasteiger partial charge in [-0.15, -0.1) is 0 Å². The number of nitrogens with zero attached hydrogens (tertiary/aromatic N) is 2. The molecule has 11 nitrogen and oxygen atoms in total. The van der Waals surface area contributed by atoms with Crippen LogP contribution in [0.1, 0.15) is 53.0 Å². The van der Waals surface area contributed by atoms with Crippen LogP contribution in [0.2, 0.25) is 0 Å². The highest BCUT2D eigenvalue weighted by Gasteiger charge is 2.37. The maximum Gasteiger partial charge on any atom is 0.320 e. The lowest BCUT2D eigenvalue weighted by atomic mass is 10.0. The Balaban J connectivity index is 1.67. The van der Waals surface area contributed by atoms with E-state index in [1.165, 1.54) is 6.07 Å². The van der Waals surface area contributed by atoms with Crippen LogP contribution in [0.25, 0.3) is 0 Å². The zero-order valence-corrected chi connectivity index (χ0v) is 20.0. The second kappa shape index (κ2) is 11.5. The van der Waals surface area contributed by atoms with Crippen LogP contribution in [0.15, 0.2) is 48.5 Å². The Morgan fingerprint density at radius 3 is 2.31 bits per heavy atom. The molecule has 2 aromatic carbocycles. The topological polar surface area (TPSA) is 159 Å². The van der Waals surface area contributed by atoms with Crippen molar-refractivity contribution in [1.82, 2.24) is 15.5 Å². The first kappa shape index (κ1) is 26.5. The number of rotatable bonds is 12. The Morgan fingerprint density at radius 1 is 1.03 bits per heavy atom. The number of amides is 3. The van der Waals surface area contributed by atoms with Crippen LogP contribution < -0.4 is 10.6 Å². The number of non-ortho nitro benzene ring substituents is 1. The monoisotopic (exact) mass is 496 g/mol. The van der Waals surface area contributed by atoms with Crippen LogP contribution in [0, 0.1) is 16.0 Å². The van der Waals surface area contributed by atoms with Gasteiger partial charge >= 0.3 is 5.97 Å². The minimum Gasteiger partial charge on any atom is -0.480 e. The Kier molecular flexibility index (Phi) is 8.49. The van der Waals surface area contributed by atoms with Crippen LogP contribution in [-0.4, -0.2) is 57.2 Å². The molecule has 2 unspecified atom stereocenters. The fraction of sp³-hybridized carbons (Fsp3) is 0.360. The van der Waals surface area contributed by atoms with E-state index in [2.05, 4.69) is 10.6 Å². The molecule has 1 aliphatic rings. The second-order valence-corrected chi connectivity index (χ2v) is 8.98. The van der Waals surface area contributed by atoms with Crippen LogP contribution in [0.3, 0.4) is 0 Å². The molecule has 2 aromatic rings. The van der Waals surface area contributed by atoms with Crippen molar-refractivity contribution in [3.63, 3.8) is 0 Å². The summed E-state index contributed by atoms with van der Waals surface area (Å²) >= 11 is 0. The van der Waals surface area contributed by atoms with Crippen molar-refractivity contribution in [2.45, 2.75) is 45.3 Å². The van der Waals surface area contributed by atoms with Gasteiger partial charge in [0.1, 0.15) is 6.04 Å². The van der Waals surface area contributed by atoms with E-state index in [-0.39, 0.29) is 48.1 Å². The number of aliphatic carboxylic acids is 1. The van der Waals surface area contributed by atoms with Crippen molar-refractivity contribution in [2.75, 3.05) is 6.54 Å². The quantitative estimate of drug-likeness (QED) is 0.229. The Hall–Kier alpha value is -4.12. The van der Waals surface area contributed by atoms with Gasteiger partial charge in [0, 0.05) is 25.2 Å². The molecular weight excluding hydrogens is 468 g/mol. The molecule has 0 saturated carbocycles. The highest BCUT2D eigenvalue weighted by molar-refractivity contribution is 6.21. The third-order valence-electron chi connectivity index (χ3n) is 5.84. The molecule has 0 radical (unpaired) electrons. The smallest absolute Gasteiger partial charge is 0.320 e. The third kappa shape index (κ3) is 6.30. The lowest BCUT2D eigenvalue weighted by Crippen LogP contribution is -2.52. The third-order valence-corrected chi connectivity index (χ3v) is 5.84. The first-order chi connectivity index (χ1) is 17.1. The number of carbonyl (C=O) groups is 4. The summed E-state index contributed by atoms with van der Waals surface area (Å²) in [4.78, 5) is 61.4. The molecule has 36 heavy (non-hydrogen) atoms. The Bertz CT molecular complexity index is 1170. The van der Waals surface area contributed by atoms with E-state index in [4.69, 9.17) is 0 Å². The number of nitro groups is 1. The summed E-state index contributed by atoms with van der Waals surface area (Å²) in [6.07, 6.45) is 0.227. The van der Waals surface area contributed by atoms with Gasteiger partial charge < -0.3 is 10.4 Å². The van der Waals surface area contributed by atoms with E-state index in [0.717, 1.165) is 22.6 Å². The predicted octanol–water partition coefficient (Wildman–Crippen LogP) is 2.35. The molecule has 0 bridgehead atoms. The maximum absolute atomic E-state index is 12.9. The molecule has 1 heterocycles. The van der Waals surface area contributed by atoms with Gasteiger partial charge in [0.25, 0.3) is 17.5 Å². The minimum absolute atomic E-state index is 0.0309. The number of carbonyl (C=O) groups excluding carboxylic acids is 3. The molecule has 2 atom stereocenters. The molecule has 0 aromatic heterocycles. The first-order valence-corrected chi connectivity index (χ1v) is 11.5. The molecule has 11 heteroatoms. The van der Waals surface area contributed by atoms with E-state index in [9.17, 15) is 34.4 Å². The number of carboxylic acid groups (broad SMARTS) is 1. The number of fused-ring (bicyclic) bond motifs is 1. The van der Waals surface area contributed by atoms with Crippen molar-refractivity contribution >= 4 is 29.4 Å². The summed E-state index contributed by atoms with van der Waals surface area (Å²) in [5, 5.41) is 26.5. The van der Waals surface area contributed by atoms with Gasteiger partial charge in [-0.3, -0.25) is 39.5 Å². The van der Waals surface area contributed by atoms with Gasteiger partial charge in [-0.1, -0.05) is 44.2 Å². The molecule has 0 saturated heterocycles. The average molecular weight is 497 g/mol. The summed E-state index contributed by atoms with van der Waals surface area (Å²) in [6, 6.07) is 10.7. The highest BCUT2D eigenvalue weighted by Crippen LogP contribution is 2.27.